The Morgan fingerprint density at radius 1 is 1.53 bits per heavy atom. The molecular formula is C12H15BrN2OS. The van der Waals surface area contributed by atoms with Gasteiger partial charge in [0.05, 0.1) is 0 Å². The number of carbonyl (C=O) groups is 1. The Hall–Kier alpha value is -0.550. The molecule has 0 spiro atoms. The average Bonchev–Trinajstić information content (AvgIpc) is 2.33. The van der Waals surface area contributed by atoms with Gasteiger partial charge in [-0.1, -0.05) is 6.92 Å². The highest BCUT2D eigenvalue weighted by atomic mass is 79.9. The summed E-state index contributed by atoms with van der Waals surface area (Å²) in [5, 5.41) is 0.489. The van der Waals surface area contributed by atoms with Crippen LogP contribution in [0.1, 0.15) is 24.3 Å². The third-order valence-electron chi connectivity index (χ3n) is 3.09. The van der Waals surface area contributed by atoms with E-state index in [1.54, 1.807) is 12.3 Å². The molecule has 1 fully saturated rings. The van der Waals surface area contributed by atoms with Gasteiger partial charge in [-0.05, 0) is 35.0 Å². The lowest BCUT2D eigenvalue weighted by Gasteiger charge is -2.37. The summed E-state index contributed by atoms with van der Waals surface area (Å²) in [6, 6.07) is 3.89. The van der Waals surface area contributed by atoms with E-state index in [-0.39, 0.29) is 11.9 Å². The van der Waals surface area contributed by atoms with Crippen molar-refractivity contribution in [3.8, 4) is 0 Å². The standard InChI is InChI=1S/C12H15BrN2OS/c1-8-9(2)17-6-5-15(8)12(16)11-4-3-10(13)7-14-11/h3-4,7-9H,5-6H2,1-2H3. The lowest BCUT2D eigenvalue weighted by molar-refractivity contribution is 0.0692. The van der Waals surface area contributed by atoms with Gasteiger partial charge in [0.1, 0.15) is 5.69 Å². The first-order chi connectivity index (χ1) is 8.09. The van der Waals surface area contributed by atoms with Crippen LogP contribution in [0.15, 0.2) is 22.8 Å². The van der Waals surface area contributed by atoms with Crippen LogP contribution in [0.5, 0.6) is 0 Å². The first-order valence-corrected chi connectivity index (χ1v) is 7.48. The topological polar surface area (TPSA) is 33.2 Å². The summed E-state index contributed by atoms with van der Waals surface area (Å²) in [6.07, 6.45) is 1.67. The SMILES string of the molecule is CC1SCCN(C(=O)c2ccc(Br)cn2)C1C. The molecule has 1 aromatic heterocycles. The summed E-state index contributed by atoms with van der Waals surface area (Å²) >= 11 is 5.24. The molecule has 3 nitrogen and oxygen atoms in total. The van der Waals surface area contributed by atoms with Gasteiger partial charge in [0.2, 0.25) is 0 Å². The van der Waals surface area contributed by atoms with Gasteiger partial charge in [0.15, 0.2) is 0 Å². The van der Waals surface area contributed by atoms with E-state index in [1.165, 1.54) is 0 Å². The molecule has 1 aliphatic heterocycles. The van der Waals surface area contributed by atoms with Crippen molar-refractivity contribution in [2.75, 3.05) is 12.3 Å². The number of amides is 1. The molecule has 0 bridgehead atoms. The number of rotatable bonds is 1. The smallest absolute Gasteiger partial charge is 0.272 e. The Labute approximate surface area is 114 Å². The van der Waals surface area contributed by atoms with E-state index < -0.39 is 0 Å². The van der Waals surface area contributed by atoms with Crippen molar-refractivity contribution in [3.05, 3.63) is 28.5 Å². The molecule has 2 heterocycles. The van der Waals surface area contributed by atoms with Crippen LogP contribution < -0.4 is 0 Å². The molecule has 1 aromatic rings. The number of halogens is 1. The third kappa shape index (κ3) is 2.83. The van der Waals surface area contributed by atoms with Crippen molar-refractivity contribution in [1.29, 1.82) is 0 Å². The molecule has 1 saturated heterocycles. The fraction of sp³-hybridized carbons (Fsp3) is 0.500. The van der Waals surface area contributed by atoms with Crippen molar-refractivity contribution in [3.63, 3.8) is 0 Å². The summed E-state index contributed by atoms with van der Waals surface area (Å²) in [4.78, 5) is 18.4. The fourth-order valence-corrected chi connectivity index (χ4v) is 3.20. The summed E-state index contributed by atoms with van der Waals surface area (Å²) in [5.41, 5.74) is 0.527. The predicted molar refractivity (Wildman–Crippen MR) is 74.4 cm³/mol. The van der Waals surface area contributed by atoms with E-state index in [0.717, 1.165) is 16.8 Å². The minimum atomic E-state index is 0.0390. The lowest BCUT2D eigenvalue weighted by atomic mass is 10.2. The highest BCUT2D eigenvalue weighted by Crippen LogP contribution is 2.25. The minimum Gasteiger partial charge on any atom is -0.333 e. The van der Waals surface area contributed by atoms with Crippen LogP contribution in [0.25, 0.3) is 0 Å². The molecule has 1 aliphatic rings. The number of hydrogen-bond donors (Lipinski definition) is 0. The molecule has 2 atom stereocenters. The van der Waals surface area contributed by atoms with E-state index in [1.807, 2.05) is 22.7 Å². The van der Waals surface area contributed by atoms with Crippen molar-refractivity contribution in [1.82, 2.24) is 9.88 Å². The van der Waals surface area contributed by atoms with E-state index in [2.05, 4.69) is 34.8 Å². The van der Waals surface area contributed by atoms with Crippen molar-refractivity contribution in [2.24, 2.45) is 0 Å². The monoisotopic (exact) mass is 314 g/mol. The molecule has 1 amide bonds. The number of nitrogens with zero attached hydrogens (tertiary/aromatic N) is 2. The molecule has 0 N–H and O–H groups in total. The molecular weight excluding hydrogens is 300 g/mol. The molecule has 0 saturated carbocycles. The zero-order valence-electron chi connectivity index (χ0n) is 9.89. The van der Waals surface area contributed by atoms with Crippen LogP contribution in [0.2, 0.25) is 0 Å². The zero-order valence-corrected chi connectivity index (χ0v) is 12.3. The molecule has 5 heteroatoms. The van der Waals surface area contributed by atoms with E-state index in [0.29, 0.717) is 10.9 Å². The second-order valence-corrected chi connectivity index (χ2v) is 6.58. The van der Waals surface area contributed by atoms with Crippen LogP contribution >= 0.6 is 27.7 Å². The largest absolute Gasteiger partial charge is 0.333 e. The van der Waals surface area contributed by atoms with Gasteiger partial charge in [0, 0.05) is 34.3 Å². The Morgan fingerprint density at radius 3 is 2.94 bits per heavy atom. The summed E-state index contributed by atoms with van der Waals surface area (Å²) in [5.74, 6) is 1.05. The van der Waals surface area contributed by atoms with Crippen LogP contribution in [-0.4, -0.2) is 39.4 Å². The third-order valence-corrected chi connectivity index (χ3v) is 4.90. The normalized spacial score (nSPS) is 24.8. The van der Waals surface area contributed by atoms with Crippen LogP contribution in [0, 0.1) is 0 Å². The number of aromatic nitrogens is 1. The second-order valence-electron chi connectivity index (χ2n) is 4.18. The van der Waals surface area contributed by atoms with Gasteiger partial charge in [-0.25, -0.2) is 4.98 Å². The summed E-state index contributed by atoms with van der Waals surface area (Å²) in [7, 11) is 0. The minimum absolute atomic E-state index is 0.0390. The van der Waals surface area contributed by atoms with E-state index in [9.17, 15) is 4.79 Å². The molecule has 92 valence electrons. The molecule has 0 aromatic carbocycles. The first kappa shape index (κ1) is 12.9. The number of thioether (sulfide) groups is 1. The van der Waals surface area contributed by atoms with Crippen molar-refractivity contribution < 1.29 is 4.79 Å². The maximum Gasteiger partial charge on any atom is 0.272 e. The van der Waals surface area contributed by atoms with Gasteiger partial charge in [-0.2, -0.15) is 11.8 Å². The van der Waals surface area contributed by atoms with Gasteiger partial charge < -0.3 is 4.90 Å². The van der Waals surface area contributed by atoms with E-state index >= 15 is 0 Å². The quantitative estimate of drug-likeness (QED) is 0.799. The zero-order chi connectivity index (χ0) is 12.4. The number of carbonyl (C=O) groups excluding carboxylic acids is 1. The van der Waals surface area contributed by atoms with Gasteiger partial charge >= 0.3 is 0 Å². The molecule has 0 radical (unpaired) electrons. The van der Waals surface area contributed by atoms with Gasteiger partial charge in [-0.15, -0.1) is 0 Å². The molecule has 17 heavy (non-hydrogen) atoms. The lowest BCUT2D eigenvalue weighted by Crippen LogP contribution is -2.48. The Kier molecular flexibility index (Phi) is 4.09. The van der Waals surface area contributed by atoms with Gasteiger partial charge in [0.25, 0.3) is 5.91 Å². The first-order valence-electron chi connectivity index (χ1n) is 5.63. The van der Waals surface area contributed by atoms with Crippen LogP contribution in [0.3, 0.4) is 0 Å². The number of hydrogen-bond acceptors (Lipinski definition) is 3. The van der Waals surface area contributed by atoms with Crippen LogP contribution in [0.4, 0.5) is 0 Å². The van der Waals surface area contributed by atoms with E-state index in [4.69, 9.17) is 0 Å². The summed E-state index contributed by atoms with van der Waals surface area (Å²) < 4.78 is 0.893. The molecule has 0 aliphatic carbocycles. The Morgan fingerprint density at radius 2 is 2.29 bits per heavy atom. The average molecular weight is 315 g/mol. The summed E-state index contributed by atoms with van der Waals surface area (Å²) in [6.45, 7) is 5.09. The van der Waals surface area contributed by atoms with Crippen LogP contribution in [-0.2, 0) is 0 Å². The van der Waals surface area contributed by atoms with Crippen molar-refractivity contribution >= 4 is 33.6 Å². The highest BCUT2D eigenvalue weighted by Gasteiger charge is 2.29. The second kappa shape index (κ2) is 5.40. The maximum atomic E-state index is 12.3. The highest BCUT2D eigenvalue weighted by molar-refractivity contribution is 9.10. The maximum absolute atomic E-state index is 12.3. The Bertz CT molecular complexity index is 409. The molecule has 2 rings (SSSR count). The fourth-order valence-electron chi connectivity index (χ4n) is 1.87. The van der Waals surface area contributed by atoms with Gasteiger partial charge in [-0.3, -0.25) is 4.79 Å². The predicted octanol–water partition coefficient (Wildman–Crippen LogP) is 2.81. The van der Waals surface area contributed by atoms with Crippen molar-refractivity contribution in [2.45, 2.75) is 25.1 Å². The number of pyridine rings is 1. The molecule has 2 unspecified atom stereocenters. The Balaban J connectivity index is 2.16.